The molecule has 0 amide bonds. The summed E-state index contributed by atoms with van der Waals surface area (Å²) < 4.78 is 5.02. The van der Waals surface area contributed by atoms with E-state index in [9.17, 15) is 9.59 Å². The van der Waals surface area contributed by atoms with Crippen molar-refractivity contribution in [2.45, 2.75) is 58.3 Å². The standard InChI is InChI=1S/C24H30O3/c1-2-3-13-24(26)27-19-23(25)18-22-16-14-21(15-17-22)12-8-7-11-20-9-5-4-6-10-20/h4-6,9-10,14-17H,2-3,7-8,11-13,18-19H2,1H3. The highest BCUT2D eigenvalue weighted by atomic mass is 16.5. The monoisotopic (exact) mass is 366 g/mol. The second kappa shape index (κ2) is 12.1. The van der Waals surface area contributed by atoms with Gasteiger partial charge in [-0.3, -0.25) is 9.59 Å². The molecule has 0 aromatic heterocycles. The predicted molar refractivity (Wildman–Crippen MR) is 109 cm³/mol. The Labute approximate surface area is 162 Å². The highest BCUT2D eigenvalue weighted by molar-refractivity contribution is 5.84. The summed E-state index contributed by atoms with van der Waals surface area (Å²) in [6.45, 7) is 1.90. The van der Waals surface area contributed by atoms with Gasteiger partial charge in [0.15, 0.2) is 5.78 Å². The van der Waals surface area contributed by atoms with E-state index >= 15 is 0 Å². The molecule has 2 aromatic carbocycles. The van der Waals surface area contributed by atoms with Crippen LogP contribution in [-0.4, -0.2) is 18.4 Å². The zero-order valence-electron chi connectivity index (χ0n) is 16.3. The third-order valence-electron chi connectivity index (χ3n) is 4.58. The van der Waals surface area contributed by atoms with Crippen LogP contribution in [0.3, 0.4) is 0 Å². The van der Waals surface area contributed by atoms with Crippen molar-refractivity contribution in [1.82, 2.24) is 0 Å². The quantitative estimate of drug-likeness (QED) is 0.388. The Morgan fingerprint density at radius 3 is 2.00 bits per heavy atom. The van der Waals surface area contributed by atoms with Crippen LogP contribution in [0, 0.1) is 0 Å². The van der Waals surface area contributed by atoms with Crippen molar-refractivity contribution >= 4 is 11.8 Å². The molecule has 0 aliphatic heterocycles. The molecule has 0 atom stereocenters. The van der Waals surface area contributed by atoms with E-state index in [1.54, 1.807) is 0 Å². The summed E-state index contributed by atoms with van der Waals surface area (Å²) in [6.07, 6.45) is 6.95. The van der Waals surface area contributed by atoms with Gasteiger partial charge in [-0.05, 0) is 48.8 Å². The fraction of sp³-hybridized carbons (Fsp3) is 0.417. The zero-order chi connectivity index (χ0) is 19.3. The number of benzene rings is 2. The van der Waals surface area contributed by atoms with Gasteiger partial charge < -0.3 is 4.74 Å². The molecule has 0 aliphatic carbocycles. The number of rotatable bonds is 12. The molecular weight excluding hydrogens is 336 g/mol. The van der Waals surface area contributed by atoms with E-state index in [0.717, 1.165) is 37.7 Å². The summed E-state index contributed by atoms with van der Waals surface area (Å²) in [5.41, 5.74) is 3.66. The van der Waals surface area contributed by atoms with Gasteiger partial charge in [-0.15, -0.1) is 0 Å². The van der Waals surface area contributed by atoms with Gasteiger partial charge in [0.1, 0.15) is 6.61 Å². The maximum Gasteiger partial charge on any atom is 0.306 e. The molecule has 3 heteroatoms. The molecule has 2 rings (SSSR count). The topological polar surface area (TPSA) is 43.4 Å². The lowest BCUT2D eigenvalue weighted by atomic mass is 10.0. The molecule has 0 radical (unpaired) electrons. The van der Waals surface area contributed by atoms with Crippen LogP contribution in [-0.2, 0) is 33.6 Å². The number of hydrogen-bond acceptors (Lipinski definition) is 3. The van der Waals surface area contributed by atoms with Crippen LogP contribution in [0.15, 0.2) is 54.6 Å². The Kier molecular flexibility index (Phi) is 9.33. The minimum absolute atomic E-state index is 0.0598. The van der Waals surface area contributed by atoms with Crippen molar-refractivity contribution < 1.29 is 14.3 Å². The molecule has 3 nitrogen and oxygen atoms in total. The number of Topliss-reactive ketones (excluding diaryl/α,β-unsaturated/α-hetero) is 1. The molecule has 0 N–H and O–H groups in total. The number of esters is 1. The van der Waals surface area contributed by atoms with Crippen LogP contribution in [0.25, 0.3) is 0 Å². The van der Waals surface area contributed by atoms with Gasteiger partial charge in [-0.1, -0.05) is 67.9 Å². The SMILES string of the molecule is CCCCC(=O)OCC(=O)Cc1ccc(CCCCc2ccccc2)cc1. The lowest BCUT2D eigenvalue weighted by molar-refractivity contribution is -0.147. The first-order valence-corrected chi connectivity index (χ1v) is 9.96. The second-order valence-corrected chi connectivity index (χ2v) is 6.99. The zero-order valence-corrected chi connectivity index (χ0v) is 16.3. The summed E-state index contributed by atoms with van der Waals surface area (Å²) in [6, 6.07) is 18.8. The molecule has 0 spiro atoms. The van der Waals surface area contributed by atoms with E-state index < -0.39 is 0 Å². The first-order valence-electron chi connectivity index (χ1n) is 9.96. The van der Waals surface area contributed by atoms with E-state index in [1.165, 1.54) is 17.5 Å². The lowest BCUT2D eigenvalue weighted by Gasteiger charge is -2.06. The van der Waals surface area contributed by atoms with Crippen LogP contribution in [0.1, 0.15) is 55.7 Å². The number of aryl methyl sites for hydroxylation is 2. The molecule has 0 saturated heterocycles. The summed E-state index contributed by atoms with van der Waals surface area (Å²) in [4.78, 5) is 23.4. The van der Waals surface area contributed by atoms with Crippen molar-refractivity contribution in [1.29, 1.82) is 0 Å². The van der Waals surface area contributed by atoms with E-state index in [2.05, 4.69) is 36.4 Å². The summed E-state index contributed by atoms with van der Waals surface area (Å²) >= 11 is 0. The van der Waals surface area contributed by atoms with E-state index in [-0.39, 0.29) is 18.4 Å². The summed E-state index contributed by atoms with van der Waals surface area (Å²) in [5, 5.41) is 0. The van der Waals surface area contributed by atoms with E-state index in [0.29, 0.717) is 12.8 Å². The van der Waals surface area contributed by atoms with Gasteiger partial charge in [0.25, 0.3) is 0 Å². The number of carbonyl (C=O) groups excluding carboxylic acids is 2. The normalized spacial score (nSPS) is 10.6. The largest absolute Gasteiger partial charge is 0.458 e. The van der Waals surface area contributed by atoms with E-state index in [1.807, 2.05) is 25.1 Å². The number of unbranched alkanes of at least 4 members (excludes halogenated alkanes) is 2. The Hall–Kier alpha value is -2.42. The highest BCUT2D eigenvalue weighted by Crippen LogP contribution is 2.11. The fourth-order valence-corrected chi connectivity index (χ4v) is 2.96. The second-order valence-electron chi connectivity index (χ2n) is 6.99. The number of ketones is 1. The first kappa shape index (κ1) is 20.9. The van der Waals surface area contributed by atoms with Gasteiger partial charge in [0.2, 0.25) is 0 Å². The average molecular weight is 367 g/mol. The Balaban J connectivity index is 1.65. The molecule has 0 saturated carbocycles. The fourth-order valence-electron chi connectivity index (χ4n) is 2.96. The molecule has 2 aromatic rings. The molecule has 0 fully saturated rings. The molecule has 0 heterocycles. The molecule has 144 valence electrons. The first-order chi connectivity index (χ1) is 13.2. The van der Waals surface area contributed by atoms with Crippen molar-refractivity contribution in [2.75, 3.05) is 6.61 Å². The van der Waals surface area contributed by atoms with E-state index in [4.69, 9.17) is 4.74 Å². The number of ether oxygens (including phenoxy) is 1. The van der Waals surface area contributed by atoms with Gasteiger partial charge in [0.05, 0.1) is 0 Å². The van der Waals surface area contributed by atoms with Crippen LogP contribution in [0.4, 0.5) is 0 Å². The van der Waals surface area contributed by atoms with Crippen LogP contribution in [0.2, 0.25) is 0 Å². The van der Waals surface area contributed by atoms with Crippen molar-refractivity contribution in [2.24, 2.45) is 0 Å². The van der Waals surface area contributed by atoms with Gasteiger partial charge in [-0.25, -0.2) is 0 Å². The third kappa shape index (κ3) is 8.67. The Morgan fingerprint density at radius 1 is 0.778 bits per heavy atom. The highest BCUT2D eigenvalue weighted by Gasteiger charge is 2.08. The van der Waals surface area contributed by atoms with Crippen molar-refractivity contribution in [3.05, 3.63) is 71.3 Å². The molecule has 0 unspecified atom stereocenters. The summed E-state index contributed by atoms with van der Waals surface area (Å²) in [5.74, 6) is -0.341. The lowest BCUT2D eigenvalue weighted by Crippen LogP contribution is -2.15. The molecular formula is C24H30O3. The van der Waals surface area contributed by atoms with Crippen molar-refractivity contribution in [3.63, 3.8) is 0 Å². The minimum atomic E-state index is -0.281. The minimum Gasteiger partial charge on any atom is -0.458 e. The number of carbonyl (C=O) groups is 2. The smallest absolute Gasteiger partial charge is 0.306 e. The Bertz CT molecular complexity index is 689. The predicted octanol–water partition coefficient (Wildman–Crippen LogP) is 5.10. The van der Waals surface area contributed by atoms with Crippen LogP contribution in [0.5, 0.6) is 0 Å². The van der Waals surface area contributed by atoms with Crippen LogP contribution < -0.4 is 0 Å². The van der Waals surface area contributed by atoms with Gasteiger partial charge >= 0.3 is 5.97 Å². The molecule has 0 aliphatic rings. The van der Waals surface area contributed by atoms with Gasteiger partial charge in [-0.2, -0.15) is 0 Å². The molecule has 27 heavy (non-hydrogen) atoms. The number of hydrogen-bond donors (Lipinski definition) is 0. The van der Waals surface area contributed by atoms with Gasteiger partial charge in [0, 0.05) is 12.8 Å². The average Bonchev–Trinajstić information content (AvgIpc) is 2.70. The molecule has 0 bridgehead atoms. The summed E-state index contributed by atoms with van der Waals surface area (Å²) in [7, 11) is 0. The maximum absolute atomic E-state index is 11.9. The van der Waals surface area contributed by atoms with Crippen LogP contribution >= 0.6 is 0 Å². The Morgan fingerprint density at radius 2 is 1.37 bits per heavy atom. The maximum atomic E-state index is 11.9. The third-order valence-corrected chi connectivity index (χ3v) is 4.58. The van der Waals surface area contributed by atoms with Crippen molar-refractivity contribution in [3.8, 4) is 0 Å².